The van der Waals surface area contributed by atoms with Gasteiger partial charge in [0, 0.05) is 35.9 Å². The normalized spacial score (nSPS) is 15.1. The number of nitrogens with one attached hydrogen (secondary N) is 1. The van der Waals surface area contributed by atoms with E-state index in [0.717, 1.165) is 12.1 Å². The summed E-state index contributed by atoms with van der Waals surface area (Å²) in [6.45, 7) is 0.773. The average Bonchev–Trinajstić information content (AvgIpc) is 2.75. The van der Waals surface area contributed by atoms with Crippen molar-refractivity contribution in [1.82, 2.24) is 5.32 Å². The summed E-state index contributed by atoms with van der Waals surface area (Å²) in [6.07, 6.45) is -0.880. The van der Waals surface area contributed by atoms with E-state index in [4.69, 9.17) is 4.74 Å². The van der Waals surface area contributed by atoms with Crippen molar-refractivity contribution >= 4 is 17.5 Å². The Morgan fingerprint density at radius 3 is 2.21 bits per heavy atom. The Labute approximate surface area is 190 Å². The van der Waals surface area contributed by atoms with Gasteiger partial charge >= 0.3 is 0 Å². The highest BCUT2D eigenvalue weighted by Gasteiger charge is 2.32. The fourth-order valence-corrected chi connectivity index (χ4v) is 3.61. The Morgan fingerprint density at radius 1 is 0.941 bits per heavy atom. The molecule has 3 aromatic rings. The summed E-state index contributed by atoms with van der Waals surface area (Å²) in [5.41, 5.74) is -0.125. The number of hydrogen-bond donors (Lipinski definition) is 1. The van der Waals surface area contributed by atoms with Crippen LogP contribution in [-0.2, 0) is 17.9 Å². The summed E-state index contributed by atoms with van der Waals surface area (Å²) in [5.74, 6) is -5.96. The first-order chi connectivity index (χ1) is 16.1. The smallest absolute Gasteiger partial charge is 0.268 e. The molecule has 5 nitrogen and oxygen atoms in total. The highest BCUT2D eigenvalue weighted by Crippen LogP contribution is 2.36. The molecule has 1 aliphatic heterocycles. The first-order valence-electron chi connectivity index (χ1n) is 10.1. The van der Waals surface area contributed by atoms with Crippen molar-refractivity contribution in [1.29, 1.82) is 0 Å². The fraction of sp³-hybridized carbons (Fsp3) is 0.167. The molecule has 0 spiro atoms. The zero-order chi connectivity index (χ0) is 24.6. The second-order valence-electron chi connectivity index (χ2n) is 7.68. The number of benzene rings is 3. The Kier molecular flexibility index (Phi) is 6.23. The average molecular weight is 476 g/mol. The highest BCUT2D eigenvalue weighted by atomic mass is 19.2. The molecule has 4 rings (SSSR count). The van der Waals surface area contributed by atoms with E-state index >= 15 is 0 Å². The lowest BCUT2D eigenvalue weighted by atomic mass is 10.1. The van der Waals surface area contributed by atoms with Gasteiger partial charge in [-0.2, -0.15) is 0 Å². The molecular weight excluding hydrogens is 459 g/mol. The number of amides is 2. The number of fused-ring (bicyclic) bond motifs is 1. The summed E-state index contributed by atoms with van der Waals surface area (Å²) in [5, 5.41) is 2.34. The Hall–Kier alpha value is -3.95. The Morgan fingerprint density at radius 2 is 1.56 bits per heavy atom. The molecule has 0 aromatic heterocycles. The lowest BCUT2D eigenvalue weighted by Crippen LogP contribution is -2.44. The Bertz CT molecular complexity index is 1250. The maximum Gasteiger partial charge on any atom is 0.268 e. The summed E-state index contributed by atoms with van der Waals surface area (Å²) in [6, 6.07) is 8.01. The molecule has 1 N–H and O–H groups in total. The SMILES string of the molecule is CC1Oc2ccc(C(=O)NCc3c(F)cc(F)cc3F)cc2N(Cc2cc(F)cc(F)c2)C1=O. The number of hydrogen-bond acceptors (Lipinski definition) is 3. The van der Waals surface area contributed by atoms with Crippen LogP contribution < -0.4 is 15.0 Å². The number of rotatable bonds is 5. The molecule has 1 aliphatic rings. The van der Waals surface area contributed by atoms with Gasteiger partial charge in [0.25, 0.3) is 11.8 Å². The van der Waals surface area contributed by atoms with E-state index in [1.54, 1.807) is 0 Å². The van der Waals surface area contributed by atoms with Gasteiger partial charge in [0.1, 0.15) is 34.8 Å². The number of halogens is 5. The van der Waals surface area contributed by atoms with Gasteiger partial charge in [0.05, 0.1) is 12.2 Å². The van der Waals surface area contributed by atoms with Crippen LogP contribution in [0.1, 0.15) is 28.4 Å². The first-order valence-corrected chi connectivity index (χ1v) is 10.1. The van der Waals surface area contributed by atoms with Crippen molar-refractivity contribution in [2.75, 3.05) is 4.90 Å². The second kappa shape index (κ2) is 9.12. The summed E-state index contributed by atoms with van der Waals surface area (Å²) in [4.78, 5) is 26.6. The second-order valence-corrected chi connectivity index (χ2v) is 7.68. The fourth-order valence-electron chi connectivity index (χ4n) is 3.61. The summed E-state index contributed by atoms with van der Waals surface area (Å²) >= 11 is 0. The van der Waals surface area contributed by atoms with Crippen molar-refractivity contribution in [3.05, 3.63) is 94.3 Å². The number of ether oxygens (including phenoxy) is 1. The molecule has 1 atom stereocenters. The zero-order valence-electron chi connectivity index (χ0n) is 17.7. The molecule has 176 valence electrons. The van der Waals surface area contributed by atoms with E-state index in [0.29, 0.717) is 18.2 Å². The standard InChI is InChI=1S/C24H17F5N2O3/c1-12-24(33)31(11-13-4-15(25)7-16(26)5-13)21-6-14(2-3-22(21)34-12)23(32)30-10-18-19(28)8-17(27)9-20(18)29/h2-9,12H,10-11H2,1H3,(H,30,32). The van der Waals surface area contributed by atoms with E-state index in [9.17, 15) is 31.5 Å². The van der Waals surface area contributed by atoms with E-state index in [-0.39, 0.29) is 29.1 Å². The quantitative estimate of drug-likeness (QED) is 0.547. The molecular formula is C24H17F5N2O3. The minimum Gasteiger partial charge on any atom is -0.479 e. The molecule has 2 amide bonds. The third kappa shape index (κ3) is 4.70. The minimum atomic E-state index is -1.15. The molecule has 0 saturated carbocycles. The van der Waals surface area contributed by atoms with Crippen LogP contribution in [-0.4, -0.2) is 17.9 Å². The number of carbonyl (C=O) groups is 2. The van der Waals surface area contributed by atoms with Gasteiger partial charge in [-0.05, 0) is 42.8 Å². The van der Waals surface area contributed by atoms with Crippen LogP contribution in [0.25, 0.3) is 0 Å². The van der Waals surface area contributed by atoms with Gasteiger partial charge in [0.15, 0.2) is 6.10 Å². The molecule has 3 aromatic carbocycles. The predicted molar refractivity (Wildman–Crippen MR) is 112 cm³/mol. The van der Waals surface area contributed by atoms with Gasteiger partial charge in [-0.15, -0.1) is 0 Å². The molecule has 0 aliphatic carbocycles. The Balaban J connectivity index is 1.60. The summed E-state index contributed by atoms with van der Waals surface area (Å²) in [7, 11) is 0. The number of carbonyl (C=O) groups excluding carboxylic acids is 2. The topological polar surface area (TPSA) is 58.6 Å². The molecule has 34 heavy (non-hydrogen) atoms. The molecule has 1 unspecified atom stereocenters. The third-order valence-electron chi connectivity index (χ3n) is 5.22. The maximum absolute atomic E-state index is 13.8. The van der Waals surface area contributed by atoms with Crippen LogP contribution in [0.3, 0.4) is 0 Å². The van der Waals surface area contributed by atoms with Crippen LogP contribution in [0.2, 0.25) is 0 Å². The van der Waals surface area contributed by atoms with Crippen LogP contribution in [0, 0.1) is 29.1 Å². The van der Waals surface area contributed by atoms with Gasteiger partial charge < -0.3 is 15.0 Å². The summed E-state index contributed by atoms with van der Waals surface area (Å²) < 4.78 is 73.6. The molecule has 10 heteroatoms. The molecule has 0 radical (unpaired) electrons. The van der Waals surface area contributed by atoms with Crippen LogP contribution in [0.5, 0.6) is 5.75 Å². The van der Waals surface area contributed by atoms with Crippen LogP contribution >= 0.6 is 0 Å². The lowest BCUT2D eigenvalue weighted by Gasteiger charge is -2.33. The molecule has 0 fully saturated rings. The molecule has 1 heterocycles. The van der Waals surface area contributed by atoms with Crippen molar-refractivity contribution < 1.29 is 36.3 Å². The zero-order valence-corrected chi connectivity index (χ0v) is 17.7. The number of nitrogens with zero attached hydrogens (tertiary/aromatic N) is 1. The van der Waals surface area contributed by atoms with E-state index in [1.165, 1.54) is 30.0 Å². The van der Waals surface area contributed by atoms with E-state index in [1.807, 2.05) is 0 Å². The predicted octanol–water partition coefficient (Wildman–Crippen LogP) is 4.63. The van der Waals surface area contributed by atoms with Crippen LogP contribution in [0.4, 0.5) is 27.6 Å². The van der Waals surface area contributed by atoms with Crippen LogP contribution in [0.15, 0.2) is 48.5 Å². The van der Waals surface area contributed by atoms with Gasteiger partial charge in [0.2, 0.25) is 0 Å². The van der Waals surface area contributed by atoms with Crippen molar-refractivity contribution in [3.8, 4) is 5.75 Å². The number of anilines is 1. The largest absolute Gasteiger partial charge is 0.479 e. The maximum atomic E-state index is 13.8. The third-order valence-corrected chi connectivity index (χ3v) is 5.22. The van der Waals surface area contributed by atoms with Crippen molar-refractivity contribution in [2.24, 2.45) is 0 Å². The van der Waals surface area contributed by atoms with Gasteiger partial charge in [-0.25, -0.2) is 22.0 Å². The first kappa shape index (κ1) is 23.2. The van der Waals surface area contributed by atoms with Gasteiger partial charge in [-0.3, -0.25) is 9.59 Å². The monoisotopic (exact) mass is 476 g/mol. The minimum absolute atomic E-state index is 0.0306. The van der Waals surface area contributed by atoms with Gasteiger partial charge in [-0.1, -0.05) is 0 Å². The molecule has 0 bridgehead atoms. The highest BCUT2D eigenvalue weighted by molar-refractivity contribution is 6.02. The van der Waals surface area contributed by atoms with Crippen molar-refractivity contribution in [3.63, 3.8) is 0 Å². The molecule has 0 saturated heterocycles. The van der Waals surface area contributed by atoms with E-state index in [2.05, 4.69) is 5.32 Å². The van der Waals surface area contributed by atoms with E-state index < -0.39 is 59.1 Å². The van der Waals surface area contributed by atoms with Crippen molar-refractivity contribution in [2.45, 2.75) is 26.1 Å². The lowest BCUT2D eigenvalue weighted by molar-refractivity contribution is -0.125.